The second-order valence-corrected chi connectivity index (χ2v) is 5.82. The molecule has 1 unspecified atom stereocenters. The van der Waals surface area contributed by atoms with Crippen LogP contribution in [0.4, 0.5) is 0 Å². The number of benzene rings is 1. The lowest BCUT2D eigenvalue weighted by Gasteiger charge is -2.22. The second kappa shape index (κ2) is 6.43. The molecular formula is C18H20N2O3. The van der Waals surface area contributed by atoms with E-state index >= 15 is 0 Å². The molecule has 0 saturated carbocycles. The second-order valence-electron chi connectivity index (χ2n) is 5.82. The summed E-state index contributed by atoms with van der Waals surface area (Å²) in [6.45, 7) is 4.00. The van der Waals surface area contributed by atoms with Gasteiger partial charge >= 0.3 is 5.97 Å². The van der Waals surface area contributed by atoms with Crippen LogP contribution in [0.5, 0.6) is 0 Å². The van der Waals surface area contributed by atoms with Crippen LogP contribution in [0.3, 0.4) is 0 Å². The van der Waals surface area contributed by atoms with E-state index in [9.17, 15) is 10.1 Å². The normalized spacial score (nSPS) is 16.8. The number of carbonyl (C=O) groups excluding carboxylic acids is 1. The highest BCUT2D eigenvalue weighted by molar-refractivity contribution is 5.92. The smallest absolute Gasteiger partial charge is 0.305 e. The molecule has 2 aromatic rings. The van der Waals surface area contributed by atoms with Crippen molar-refractivity contribution in [1.82, 2.24) is 4.98 Å². The van der Waals surface area contributed by atoms with Crippen LogP contribution in [-0.2, 0) is 27.1 Å². The maximum atomic E-state index is 11.3. The molecule has 0 fully saturated rings. The van der Waals surface area contributed by atoms with Crippen molar-refractivity contribution in [3.05, 3.63) is 34.5 Å². The van der Waals surface area contributed by atoms with Crippen molar-refractivity contribution in [2.75, 3.05) is 6.61 Å². The molecule has 1 aromatic heterocycles. The van der Waals surface area contributed by atoms with E-state index in [1.165, 1.54) is 12.5 Å². The van der Waals surface area contributed by atoms with Gasteiger partial charge < -0.3 is 14.5 Å². The van der Waals surface area contributed by atoms with Crippen LogP contribution < -0.4 is 0 Å². The van der Waals surface area contributed by atoms with E-state index in [-0.39, 0.29) is 5.97 Å². The van der Waals surface area contributed by atoms with E-state index in [4.69, 9.17) is 9.47 Å². The summed E-state index contributed by atoms with van der Waals surface area (Å²) in [6, 6.07) is 6.18. The molecule has 23 heavy (non-hydrogen) atoms. The Morgan fingerprint density at radius 3 is 3.04 bits per heavy atom. The number of unbranched alkanes of at least 4 members (excludes halogenated alkanes) is 1. The molecular weight excluding hydrogens is 292 g/mol. The zero-order chi connectivity index (χ0) is 16.4. The van der Waals surface area contributed by atoms with Gasteiger partial charge in [0.1, 0.15) is 0 Å². The Labute approximate surface area is 135 Å². The van der Waals surface area contributed by atoms with E-state index in [1.54, 1.807) is 0 Å². The lowest BCUT2D eigenvalue weighted by atomic mass is 9.97. The molecule has 3 rings (SSSR count). The van der Waals surface area contributed by atoms with Crippen LogP contribution in [0, 0.1) is 11.3 Å². The number of aromatic amines is 1. The average Bonchev–Trinajstić information content (AvgIpc) is 2.93. The number of esters is 1. The Morgan fingerprint density at radius 1 is 1.52 bits per heavy atom. The van der Waals surface area contributed by atoms with E-state index in [0.29, 0.717) is 18.6 Å². The number of carbonyl (C=O) groups is 1. The zero-order valence-electron chi connectivity index (χ0n) is 13.4. The lowest BCUT2D eigenvalue weighted by molar-refractivity contribution is -0.181. The molecule has 1 aliphatic rings. The summed E-state index contributed by atoms with van der Waals surface area (Å²) in [5.74, 6) is -0.381. The molecule has 2 heterocycles. The third-order valence-corrected chi connectivity index (χ3v) is 4.23. The van der Waals surface area contributed by atoms with Crippen molar-refractivity contribution in [3.8, 4) is 6.07 Å². The minimum Gasteiger partial charge on any atom is -0.430 e. The average molecular weight is 312 g/mol. The van der Waals surface area contributed by atoms with Crippen molar-refractivity contribution in [2.45, 2.75) is 45.8 Å². The van der Waals surface area contributed by atoms with Gasteiger partial charge in [0.15, 0.2) is 0 Å². The van der Waals surface area contributed by atoms with Crippen LogP contribution in [-0.4, -0.2) is 17.6 Å². The largest absolute Gasteiger partial charge is 0.430 e. The Hall–Kier alpha value is -2.32. The summed E-state index contributed by atoms with van der Waals surface area (Å²) in [5.41, 5.74) is 4.62. The number of nitriles is 1. The molecule has 0 amide bonds. The number of rotatable bonds is 4. The predicted molar refractivity (Wildman–Crippen MR) is 85.8 cm³/mol. The fraction of sp³-hybridized carbons (Fsp3) is 0.444. The SMILES string of the molecule is CCCCc1ccc(C#N)c2c3c([nH]c12)C(OC(C)=O)OCC3. The Kier molecular flexibility index (Phi) is 4.35. The summed E-state index contributed by atoms with van der Waals surface area (Å²) < 4.78 is 10.8. The first-order valence-corrected chi connectivity index (χ1v) is 8.01. The topological polar surface area (TPSA) is 75.1 Å². The summed E-state index contributed by atoms with van der Waals surface area (Å²) >= 11 is 0. The van der Waals surface area contributed by atoms with E-state index in [1.807, 2.05) is 12.1 Å². The predicted octanol–water partition coefficient (Wildman–Crippen LogP) is 3.52. The highest BCUT2D eigenvalue weighted by Gasteiger charge is 2.29. The van der Waals surface area contributed by atoms with Gasteiger partial charge in [-0.2, -0.15) is 5.26 Å². The minimum absolute atomic E-state index is 0.381. The van der Waals surface area contributed by atoms with Crippen molar-refractivity contribution >= 4 is 16.9 Å². The zero-order valence-corrected chi connectivity index (χ0v) is 13.4. The summed E-state index contributed by atoms with van der Waals surface area (Å²) in [7, 11) is 0. The van der Waals surface area contributed by atoms with Gasteiger partial charge in [0.25, 0.3) is 0 Å². The summed E-state index contributed by atoms with van der Waals surface area (Å²) in [6.07, 6.45) is 3.15. The molecule has 0 saturated heterocycles. The molecule has 1 aromatic carbocycles. The number of hydrogen-bond acceptors (Lipinski definition) is 4. The van der Waals surface area contributed by atoms with Gasteiger partial charge in [0.2, 0.25) is 6.29 Å². The first-order valence-electron chi connectivity index (χ1n) is 8.01. The van der Waals surface area contributed by atoms with Crippen molar-refractivity contribution in [1.29, 1.82) is 5.26 Å². The number of fused-ring (bicyclic) bond motifs is 3. The number of aryl methyl sites for hydroxylation is 1. The van der Waals surface area contributed by atoms with Crippen molar-refractivity contribution in [3.63, 3.8) is 0 Å². The number of aromatic nitrogens is 1. The molecule has 0 radical (unpaired) electrons. The van der Waals surface area contributed by atoms with E-state index in [0.717, 1.165) is 41.4 Å². The molecule has 0 bridgehead atoms. The maximum absolute atomic E-state index is 11.3. The number of nitrogens with zero attached hydrogens (tertiary/aromatic N) is 1. The van der Waals surface area contributed by atoms with Crippen molar-refractivity contribution < 1.29 is 14.3 Å². The van der Waals surface area contributed by atoms with E-state index in [2.05, 4.69) is 18.0 Å². The highest BCUT2D eigenvalue weighted by atomic mass is 16.7. The molecule has 0 spiro atoms. The van der Waals surface area contributed by atoms with Gasteiger partial charge in [-0.1, -0.05) is 19.4 Å². The molecule has 1 N–H and O–H groups in total. The monoisotopic (exact) mass is 312 g/mol. The Balaban J connectivity index is 2.16. The fourth-order valence-electron chi connectivity index (χ4n) is 3.17. The third-order valence-electron chi connectivity index (χ3n) is 4.23. The molecule has 1 atom stereocenters. The lowest BCUT2D eigenvalue weighted by Crippen LogP contribution is -2.20. The van der Waals surface area contributed by atoms with Gasteiger partial charge in [-0.05, 0) is 36.5 Å². The number of H-pyrrole nitrogens is 1. The maximum Gasteiger partial charge on any atom is 0.305 e. The van der Waals surface area contributed by atoms with Gasteiger partial charge in [0.05, 0.1) is 29.5 Å². The molecule has 5 heteroatoms. The molecule has 0 aliphatic carbocycles. The van der Waals surface area contributed by atoms with Gasteiger partial charge in [-0.25, -0.2) is 0 Å². The van der Waals surface area contributed by atoms with Crippen molar-refractivity contribution in [2.24, 2.45) is 0 Å². The first kappa shape index (κ1) is 15.6. The minimum atomic E-state index is -0.714. The van der Waals surface area contributed by atoms with Crippen LogP contribution in [0.25, 0.3) is 10.9 Å². The van der Waals surface area contributed by atoms with Gasteiger partial charge in [-0.15, -0.1) is 0 Å². The Bertz CT molecular complexity index is 786. The molecule has 5 nitrogen and oxygen atoms in total. The fourth-order valence-corrected chi connectivity index (χ4v) is 3.17. The third kappa shape index (κ3) is 2.82. The molecule has 1 aliphatic heterocycles. The van der Waals surface area contributed by atoms with Crippen LogP contribution in [0.2, 0.25) is 0 Å². The first-order chi connectivity index (χ1) is 11.2. The quantitative estimate of drug-likeness (QED) is 0.877. The van der Waals surface area contributed by atoms with Crippen LogP contribution in [0.15, 0.2) is 12.1 Å². The van der Waals surface area contributed by atoms with Gasteiger partial charge in [-0.3, -0.25) is 4.79 Å². The summed E-state index contributed by atoms with van der Waals surface area (Å²) in [4.78, 5) is 14.7. The Morgan fingerprint density at radius 2 is 2.35 bits per heavy atom. The summed E-state index contributed by atoms with van der Waals surface area (Å²) in [5, 5.41) is 10.4. The highest BCUT2D eigenvalue weighted by Crippen LogP contribution is 2.36. The number of nitrogens with one attached hydrogen (secondary N) is 1. The van der Waals surface area contributed by atoms with E-state index < -0.39 is 6.29 Å². The molecule has 120 valence electrons. The number of ether oxygens (including phenoxy) is 2. The standard InChI is InChI=1S/C18H20N2O3/c1-3-4-5-12-6-7-13(10-19)15-14-8-9-22-18(23-11(2)21)17(14)20-16(12)15/h6-7,18,20H,3-5,8-9H2,1-2H3. The van der Waals surface area contributed by atoms with Crippen LogP contribution in [0.1, 0.15) is 55.4 Å². The number of hydrogen-bond donors (Lipinski definition) is 1. The van der Waals surface area contributed by atoms with Gasteiger partial charge in [0, 0.05) is 12.3 Å². The van der Waals surface area contributed by atoms with Crippen LogP contribution >= 0.6 is 0 Å².